The van der Waals surface area contributed by atoms with Crippen molar-refractivity contribution in [3.05, 3.63) is 66.8 Å². The van der Waals surface area contributed by atoms with Crippen LogP contribution in [0.4, 0.5) is 5.69 Å². The third-order valence-electron chi connectivity index (χ3n) is 9.24. The molecular weight excluding hydrogens is 506 g/mol. The van der Waals surface area contributed by atoms with Crippen LogP contribution in [0.2, 0.25) is 0 Å². The van der Waals surface area contributed by atoms with Crippen LogP contribution in [0.1, 0.15) is 33.6 Å². The van der Waals surface area contributed by atoms with Crippen molar-refractivity contribution in [1.29, 1.82) is 0 Å². The summed E-state index contributed by atoms with van der Waals surface area (Å²) in [4.78, 5) is 48.1. The minimum Gasteiger partial charge on any atom is -0.394 e. The van der Waals surface area contributed by atoms with Gasteiger partial charge in [-0.15, -0.1) is 0 Å². The highest BCUT2D eigenvalue weighted by Crippen LogP contribution is 2.59. The predicted octanol–water partition coefficient (Wildman–Crippen LogP) is 3.29. The van der Waals surface area contributed by atoms with Gasteiger partial charge in [0.05, 0.1) is 30.1 Å². The summed E-state index contributed by atoms with van der Waals surface area (Å²) in [7, 11) is 0. The smallest absolute Gasteiger partial charge is 0.253 e. The Morgan fingerprint density at radius 1 is 0.950 bits per heavy atom. The molecule has 2 saturated heterocycles. The fourth-order valence-corrected chi connectivity index (χ4v) is 7.36. The van der Waals surface area contributed by atoms with Crippen LogP contribution in [0, 0.1) is 11.8 Å². The number of ether oxygens (including phenoxy) is 1. The summed E-state index contributed by atoms with van der Waals surface area (Å²) in [5.74, 6) is -2.35. The van der Waals surface area contributed by atoms with Crippen LogP contribution in [0.3, 0.4) is 0 Å². The number of hydrogen-bond donors (Lipinski definition) is 1. The van der Waals surface area contributed by atoms with E-state index >= 15 is 0 Å². The van der Waals surface area contributed by atoms with E-state index in [1.807, 2.05) is 80.6 Å². The van der Waals surface area contributed by atoms with Crippen molar-refractivity contribution in [2.45, 2.75) is 56.9 Å². The normalized spacial score (nSPS) is 32.2. The van der Waals surface area contributed by atoms with Crippen LogP contribution in [0.15, 0.2) is 66.8 Å². The molecule has 0 bridgehead atoms. The van der Waals surface area contributed by atoms with E-state index in [4.69, 9.17) is 4.74 Å². The lowest BCUT2D eigenvalue weighted by atomic mass is 9.73. The Labute approximate surface area is 234 Å². The Morgan fingerprint density at radius 3 is 2.42 bits per heavy atom. The minimum atomic E-state index is -1.33. The Hall–Kier alpha value is -3.49. The average Bonchev–Trinajstić information content (AvgIpc) is 3.27. The molecule has 2 aromatic rings. The van der Waals surface area contributed by atoms with E-state index < -0.39 is 35.1 Å². The predicted molar refractivity (Wildman–Crippen MR) is 152 cm³/mol. The number of hydrogen-bond acceptors (Lipinski definition) is 5. The molecular formula is C32H37N3O5. The zero-order valence-electron chi connectivity index (χ0n) is 23.3. The van der Waals surface area contributed by atoms with Gasteiger partial charge in [-0.05, 0) is 42.7 Å². The molecule has 0 saturated carbocycles. The van der Waals surface area contributed by atoms with E-state index in [-0.39, 0.29) is 24.3 Å². The largest absolute Gasteiger partial charge is 0.394 e. The van der Waals surface area contributed by atoms with Crippen LogP contribution in [-0.4, -0.2) is 82.2 Å². The zero-order valence-corrected chi connectivity index (χ0v) is 23.3. The second kappa shape index (κ2) is 9.85. The molecule has 8 heteroatoms. The molecule has 1 spiro atoms. The SMILES string of the molecule is CCCN1CC=C[C@@]2(CC)O[C@]34C=CCN(c5ccc6ccccc6c5)C(=O)C3N([C@H](C)CO)C(=O)[C@@H]4[C@H]2C1=O. The van der Waals surface area contributed by atoms with Crippen LogP contribution >= 0.6 is 0 Å². The van der Waals surface area contributed by atoms with E-state index in [1.54, 1.807) is 16.7 Å². The summed E-state index contributed by atoms with van der Waals surface area (Å²) in [5, 5.41) is 12.3. The zero-order chi connectivity index (χ0) is 28.2. The number of carbonyl (C=O) groups excluding carboxylic acids is 3. The number of carbonyl (C=O) groups is 3. The number of aliphatic hydroxyl groups is 1. The van der Waals surface area contributed by atoms with Gasteiger partial charge in [-0.1, -0.05) is 68.5 Å². The number of amides is 3. The van der Waals surface area contributed by atoms with Gasteiger partial charge >= 0.3 is 0 Å². The lowest BCUT2D eigenvalue weighted by Crippen LogP contribution is -2.58. The molecule has 4 heterocycles. The van der Waals surface area contributed by atoms with E-state index in [0.717, 1.165) is 22.9 Å². The van der Waals surface area contributed by atoms with Crippen molar-refractivity contribution in [3.8, 4) is 0 Å². The molecule has 6 atom stereocenters. The highest BCUT2D eigenvalue weighted by molar-refractivity contribution is 6.06. The molecule has 2 aromatic carbocycles. The van der Waals surface area contributed by atoms with Crippen LogP contribution in [0.5, 0.6) is 0 Å². The Morgan fingerprint density at radius 2 is 1.70 bits per heavy atom. The molecule has 8 nitrogen and oxygen atoms in total. The van der Waals surface area contributed by atoms with Gasteiger partial charge in [0, 0.05) is 25.3 Å². The first kappa shape index (κ1) is 26.7. The van der Waals surface area contributed by atoms with Crippen molar-refractivity contribution in [2.75, 3.05) is 31.1 Å². The number of fused-ring (bicyclic) bond motifs is 3. The maximum atomic E-state index is 14.6. The maximum absolute atomic E-state index is 14.6. The van der Waals surface area contributed by atoms with Crippen LogP contribution in [-0.2, 0) is 19.1 Å². The van der Waals surface area contributed by atoms with Crippen LogP contribution < -0.4 is 4.90 Å². The average molecular weight is 544 g/mol. The van der Waals surface area contributed by atoms with Crippen molar-refractivity contribution in [3.63, 3.8) is 0 Å². The summed E-state index contributed by atoms with van der Waals surface area (Å²) in [6, 6.07) is 12.2. The van der Waals surface area contributed by atoms with Gasteiger partial charge in [-0.2, -0.15) is 0 Å². The van der Waals surface area contributed by atoms with Crippen LogP contribution in [0.25, 0.3) is 10.8 Å². The van der Waals surface area contributed by atoms with Crippen molar-refractivity contribution in [2.24, 2.45) is 11.8 Å². The third-order valence-corrected chi connectivity index (χ3v) is 9.24. The summed E-state index contributed by atoms with van der Waals surface area (Å²) < 4.78 is 6.98. The summed E-state index contributed by atoms with van der Waals surface area (Å²) in [6.45, 7) is 6.77. The first-order valence-corrected chi connectivity index (χ1v) is 14.4. The van der Waals surface area contributed by atoms with E-state index in [1.165, 1.54) is 4.90 Å². The van der Waals surface area contributed by atoms with Gasteiger partial charge in [0.2, 0.25) is 11.8 Å². The number of benzene rings is 2. The second-order valence-electron chi connectivity index (χ2n) is 11.5. The molecule has 3 amide bonds. The van der Waals surface area contributed by atoms with E-state index in [2.05, 4.69) is 0 Å². The Bertz CT molecular complexity index is 1420. The lowest BCUT2D eigenvalue weighted by molar-refractivity contribution is -0.152. The molecule has 0 radical (unpaired) electrons. The molecule has 1 N–H and O–H groups in total. The number of likely N-dealkylation sites (tertiary alicyclic amines) is 1. The molecule has 2 fully saturated rings. The molecule has 4 aliphatic heterocycles. The topological polar surface area (TPSA) is 90.4 Å². The summed E-state index contributed by atoms with van der Waals surface area (Å²) >= 11 is 0. The van der Waals surface area contributed by atoms with Gasteiger partial charge in [-0.25, -0.2) is 0 Å². The molecule has 6 rings (SSSR count). The van der Waals surface area contributed by atoms with E-state index in [9.17, 15) is 19.5 Å². The molecule has 0 aliphatic carbocycles. The second-order valence-corrected chi connectivity index (χ2v) is 11.5. The fraction of sp³-hybridized carbons (Fsp3) is 0.469. The lowest BCUT2D eigenvalue weighted by Gasteiger charge is -2.40. The monoisotopic (exact) mass is 543 g/mol. The molecule has 0 aromatic heterocycles. The van der Waals surface area contributed by atoms with Gasteiger partial charge in [-0.3, -0.25) is 14.4 Å². The number of rotatable bonds is 6. The van der Waals surface area contributed by atoms with Gasteiger partial charge in [0.1, 0.15) is 11.6 Å². The highest BCUT2D eigenvalue weighted by atomic mass is 16.5. The highest BCUT2D eigenvalue weighted by Gasteiger charge is 2.75. The van der Waals surface area contributed by atoms with Crippen molar-refractivity contribution >= 4 is 34.2 Å². The van der Waals surface area contributed by atoms with Crippen molar-refractivity contribution in [1.82, 2.24) is 9.80 Å². The first-order valence-electron chi connectivity index (χ1n) is 14.4. The fourth-order valence-electron chi connectivity index (χ4n) is 7.36. The van der Waals surface area contributed by atoms with Gasteiger partial charge in [0.15, 0.2) is 0 Å². The number of aliphatic hydroxyl groups excluding tert-OH is 1. The Balaban J connectivity index is 1.50. The standard InChI is InChI=1S/C32H37N3O5/c1-4-16-33-17-8-14-31(5-2)25(28(33)37)26-29(38)35(21(3)20-36)27-30(39)34(18-9-15-32(26,27)40-31)24-13-12-22-10-6-7-11-23(22)19-24/h6-15,19,21,25-27,36H,4-5,16-18,20H2,1-3H3/t21-,25+,26+,27?,31-,32+/m1/s1. The summed E-state index contributed by atoms with van der Waals surface area (Å²) in [6.07, 6.45) is 8.96. The molecule has 1 unspecified atom stereocenters. The molecule has 210 valence electrons. The number of anilines is 1. The van der Waals surface area contributed by atoms with Crippen molar-refractivity contribution < 1.29 is 24.2 Å². The third kappa shape index (κ3) is 3.69. The van der Waals surface area contributed by atoms with Gasteiger partial charge in [0.25, 0.3) is 5.91 Å². The van der Waals surface area contributed by atoms with Gasteiger partial charge < -0.3 is 24.5 Å². The minimum absolute atomic E-state index is 0.113. The number of nitrogens with zero attached hydrogens (tertiary/aromatic N) is 3. The Kier molecular flexibility index (Phi) is 6.58. The van der Waals surface area contributed by atoms with E-state index in [0.29, 0.717) is 26.1 Å². The molecule has 40 heavy (non-hydrogen) atoms. The maximum Gasteiger partial charge on any atom is 0.253 e. The molecule has 4 aliphatic rings. The first-order chi connectivity index (χ1) is 19.3. The quantitative estimate of drug-likeness (QED) is 0.565. The summed E-state index contributed by atoms with van der Waals surface area (Å²) in [5.41, 5.74) is -1.62.